The Morgan fingerprint density at radius 2 is 2.35 bits per heavy atom. The van der Waals surface area contributed by atoms with Crippen LogP contribution in [0.2, 0.25) is 0 Å². The van der Waals surface area contributed by atoms with Crippen molar-refractivity contribution in [3.63, 3.8) is 0 Å². The second-order valence-corrected chi connectivity index (χ2v) is 5.34. The lowest BCUT2D eigenvalue weighted by Crippen LogP contribution is -2.34. The molecule has 0 amide bonds. The minimum absolute atomic E-state index is 0.590. The fraction of sp³-hybridized carbons (Fsp3) is 0.583. The summed E-state index contributed by atoms with van der Waals surface area (Å²) in [5, 5.41) is 5.69. The van der Waals surface area contributed by atoms with Gasteiger partial charge in [0.05, 0.1) is 11.4 Å². The average Bonchev–Trinajstić information content (AvgIpc) is 2.89. The van der Waals surface area contributed by atoms with Gasteiger partial charge < -0.3 is 10.1 Å². The first-order valence-electron chi connectivity index (χ1n) is 6.07. The van der Waals surface area contributed by atoms with Gasteiger partial charge in [-0.05, 0) is 19.8 Å². The number of nitrogens with zero attached hydrogens (tertiary/aromatic N) is 2. The highest BCUT2D eigenvalue weighted by atomic mass is 32.1. The zero-order valence-electron chi connectivity index (χ0n) is 9.98. The van der Waals surface area contributed by atoms with E-state index in [2.05, 4.69) is 33.2 Å². The van der Waals surface area contributed by atoms with E-state index in [1.165, 1.54) is 5.69 Å². The number of aryl methyl sites for hydroxylation is 1. The SMILES string of the molecule is Cc1nc2sccn2c1CNC1CCOCC1. The van der Waals surface area contributed by atoms with Crippen molar-refractivity contribution in [2.24, 2.45) is 0 Å². The van der Waals surface area contributed by atoms with Gasteiger partial charge in [0.15, 0.2) is 4.96 Å². The molecule has 0 atom stereocenters. The van der Waals surface area contributed by atoms with E-state index in [9.17, 15) is 0 Å². The molecule has 4 nitrogen and oxygen atoms in total. The lowest BCUT2D eigenvalue weighted by Gasteiger charge is -2.23. The predicted octanol–water partition coefficient (Wildman–Crippen LogP) is 1.97. The highest BCUT2D eigenvalue weighted by molar-refractivity contribution is 7.15. The molecule has 0 aromatic carbocycles. The van der Waals surface area contributed by atoms with E-state index in [0.29, 0.717) is 6.04 Å². The smallest absolute Gasteiger partial charge is 0.194 e. The molecule has 0 saturated carbocycles. The molecular formula is C12H17N3OS. The van der Waals surface area contributed by atoms with E-state index in [0.717, 1.165) is 43.3 Å². The Hall–Kier alpha value is -0.910. The van der Waals surface area contributed by atoms with Gasteiger partial charge in [0.2, 0.25) is 0 Å². The molecule has 0 bridgehead atoms. The normalized spacial score (nSPS) is 17.9. The lowest BCUT2D eigenvalue weighted by molar-refractivity contribution is 0.0775. The number of thiazole rings is 1. The van der Waals surface area contributed by atoms with Gasteiger partial charge in [-0.1, -0.05) is 0 Å². The van der Waals surface area contributed by atoms with Crippen LogP contribution < -0.4 is 5.32 Å². The number of rotatable bonds is 3. The van der Waals surface area contributed by atoms with Crippen molar-refractivity contribution >= 4 is 16.3 Å². The second-order valence-electron chi connectivity index (χ2n) is 4.47. The molecule has 0 unspecified atom stereocenters. The number of fused-ring (bicyclic) bond motifs is 1. The molecule has 2 aromatic heterocycles. The molecular weight excluding hydrogens is 234 g/mol. The zero-order chi connectivity index (χ0) is 11.7. The molecule has 2 aromatic rings. The largest absolute Gasteiger partial charge is 0.381 e. The second kappa shape index (κ2) is 4.76. The summed E-state index contributed by atoms with van der Waals surface area (Å²) < 4.78 is 7.55. The third-order valence-electron chi connectivity index (χ3n) is 3.34. The molecule has 1 N–H and O–H groups in total. The third-order valence-corrected chi connectivity index (χ3v) is 4.10. The monoisotopic (exact) mass is 251 g/mol. The molecule has 5 heteroatoms. The maximum atomic E-state index is 5.36. The number of hydrogen-bond donors (Lipinski definition) is 1. The van der Waals surface area contributed by atoms with E-state index < -0.39 is 0 Å². The summed E-state index contributed by atoms with van der Waals surface area (Å²) in [7, 11) is 0. The number of ether oxygens (including phenoxy) is 1. The van der Waals surface area contributed by atoms with E-state index in [-0.39, 0.29) is 0 Å². The summed E-state index contributed by atoms with van der Waals surface area (Å²) in [5.74, 6) is 0. The number of nitrogens with one attached hydrogen (secondary N) is 1. The third kappa shape index (κ3) is 2.22. The molecule has 0 spiro atoms. The predicted molar refractivity (Wildman–Crippen MR) is 68.5 cm³/mol. The Labute approximate surface area is 105 Å². The first kappa shape index (κ1) is 11.2. The van der Waals surface area contributed by atoms with Crippen molar-refractivity contribution in [2.45, 2.75) is 32.4 Å². The Morgan fingerprint density at radius 1 is 1.53 bits per heavy atom. The first-order valence-corrected chi connectivity index (χ1v) is 6.95. The van der Waals surface area contributed by atoms with Crippen molar-refractivity contribution < 1.29 is 4.74 Å². The van der Waals surface area contributed by atoms with Crippen molar-refractivity contribution in [2.75, 3.05) is 13.2 Å². The molecule has 17 heavy (non-hydrogen) atoms. The molecule has 0 aliphatic carbocycles. The quantitative estimate of drug-likeness (QED) is 0.906. The summed E-state index contributed by atoms with van der Waals surface area (Å²) in [6.07, 6.45) is 4.33. The molecule has 1 fully saturated rings. The number of aromatic nitrogens is 2. The molecule has 3 rings (SSSR count). The van der Waals surface area contributed by atoms with Crippen LogP contribution in [0.25, 0.3) is 4.96 Å². The van der Waals surface area contributed by atoms with Gasteiger partial charge in [-0.3, -0.25) is 4.40 Å². The molecule has 1 aliphatic heterocycles. The van der Waals surface area contributed by atoms with Crippen LogP contribution in [-0.2, 0) is 11.3 Å². The average molecular weight is 251 g/mol. The van der Waals surface area contributed by atoms with Crippen LogP contribution in [0, 0.1) is 6.92 Å². The molecule has 1 saturated heterocycles. The van der Waals surface area contributed by atoms with Crippen molar-refractivity contribution in [3.05, 3.63) is 23.0 Å². The molecule has 0 radical (unpaired) electrons. The summed E-state index contributed by atoms with van der Waals surface area (Å²) in [4.78, 5) is 5.64. The van der Waals surface area contributed by atoms with Crippen LogP contribution in [0.15, 0.2) is 11.6 Å². The Bertz CT molecular complexity index is 499. The Morgan fingerprint density at radius 3 is 3.18 bits per heavy atom. The van der Waals surface area contributed by atoms with Gasteiger partial charge in [0.1, 0.15) is 0 Å². The van der Waals surface area contributed by atoms with Gasteiger partial charge in [-0.15, -0.1) is 11.3 Å². The van der Waals surface area contributed by atoms with Crippen LogP contribution in [0.1, 0.15) is 24.2 Å². The van der Waals surface area contributed by atoms with Crippen molar-refractivity contribution in [3.8, 4) is 0 Å². The summed E-state index contributed by atoms with van der Waals surface area (Å²) in [5.41, 5.74) is 2.42. The molecule has 1 aliphatic rings. The Kier molecular flexibility index (Phi) is 3.13. The van der Waals surface area contributed by atoms with Gasteiger partial charge in [-0.25, -0.2) is 4.98 Å². The minimum Gasteiger partial charge on any atom is -0.381 e. The van der Waals surface area contributed by atoms with Gasteiger partial charge in [0.25, 0.3) is 0 Å². The summed E-state index contributed by atoms with van der Waals surface area (Å²) in [6.45, 7) is 4.75. The van der Waals surface area contributed by atoms with E-state index in [1.807, 2.05) is 0 Å². The van der Waals surface area contributed by atoms with Crippen LogP contribution in [0.5, 0.6) is 0 Å². The van der Waals surface area contributed by atoms with Crippen LogP contribution in [-0.4, -0.2) is 28.6 Å². The molecule has 92 valence electrons. The number of hydrogen-bond acceptors (Lipinski definition) is 4. The van der Waals surface area contributed by atoms with E-state index in [4.69, 9.17) is 4.74 Å². The zero-order valence-corrected chi connectivity index (χ0v) is 10.8. The minimum atomic E-state index is 0.590. The summed E-state index contributed by atoms with van der Waals surface area (Å²) in [6, 6.07) is 0.590. The lowest BCUT2D eigenvalue weighted by atomic mass is 10.1. The van der Waals surface area contributed by atoms with E-state index in [1.54, 1.807) is 11.3 Å². The van der Waals surface area contributed by atoms with Gasteiger partial charge in [-0.2, -0.15) is 0 Å². The topological polar surface area (TPSA) is 38.6 Å². The van der Waals surface area contributed by atoms with E-state index >= 15 is 0 Å². The fourth-order valence-corrected chi connectivity index (χ4v) is 3.07. The summed E-state index contributed by atoms with van der Waals surface area (Å²) >= 11 is 1.69. The fourth-order valence-electron chi connectivity index (χ4n) is 2.30. The van der Waals surface area contributed by atoms with Gasteiger partial charge in [0, 0.05) is 37.4 Å². The van der Waals surface area contributed by atoms with Crippen LogP contribution in [0.3, 0.4) is 0 Å². The maximum Gasteiger partial charge on any atom is 0.194 e. The maximum absolute atomic E-state index is 5.36. The van der Waals surface area contributed by atoms with Crippen LogP contribution in [0.4, 0.5) is 0 Å². The standard InChI is InChI=1S/C12H17N3OS/c1-9-11(15-4-7-17-12(15)14-9)8-13-10-2-5-16-6-3-10/h4,7,10,13H,2-3,5-6,8H2,1H3. The Balaban J connectivity index is 1.71. The number of imidazole rings is 1. The van der Waals surface area contributed by atoms with Crippen molar-refractivity contribution in [1.82, 2.24) is 14.7 Å². The van der Waals surface area contributed by atoms with Gasteiger partial charge >= 0.3 is 0 Å². The van der Waals surface area contributed by atoms with Crippen molar-refractivity contribution in [1.29, 1.82) is 0 Å². The molecule has 3 heterocycles. The highest BCUT2D eigenvalue weighted by Crippen LogP contribution is 2.17. The highest BCUT2D eigenvalue weighted by Gasteiger charge is 2.15. The first-order chi connectivity index (χ1) is 8.34. The van der Waals surface area contributed by atoms with Crippen LogP contribution >= 0.6 is 11.3 Å².